The molecule has 2 rings (SSSR count). The predicted molar refractivity (Wildman–Crippen MR) is 72.1 cm³/mol. The largest absolute Gasteiger partial charge is 0.316 e. The van der Waals surface area contributed by atoms with Crippen LogP contribution in [0.1, 0.15) is 18.4 Å². The normalized spacial score (nSPS) is 10.9. The van der Waals surface area contributed by atoms with Gasteiger partial charge in [-0.05, 0) is 25.1 Å². The van der Waals surface area contributed by atoms with Crippen molar-refractivity contribution in [1.29, 1.82) is 0 Å². The maximum atomic E-state index is 13.6. The van der Waals surface area contributed by atoms with Gasteiger partial charge in [-0.25, -0.2) is 8.78 Å². The van der Waals surface area contributed by atoms with E-state index in [4.69, 9.17) is 0 Å². The van der Waals surface area contributed by atoms with Crippen molar-refractivity contribution in [2.45, 2.75) is 19.8 Å². The third kappa shape index (κ3) is 3.78. The fraction of sp³-hybridized carbons (Fsp3) is 0.385. The molecule has 0 saturated carbocycles. The molecule has 0 saturated heterocycles. The topological polar surface area (TPSA) is 37.8 Å². The van der Waals surface area contributed by atoms with E-state index in [-0.39, 0.29) is 0 Å². The molecule has 1 N–H and O–H groups in total. The van der Waals surface area contributed by atoms with Gasteiger partial charge in [0, 0.05) is 24.6 Å². The molecule has 0 atom stereocenters. The van der Waals surface area contributed by atoms with Crippen LogP contribution in [0.3, 0.4) is 0 Å². The van der Waals surface area contributed by atoms with Crippen LogP contribution in [0, 0.1) is 11.6 Å². The molecule has 1 aromatic carbocycles. The number of hydrogen-bond acceptors (Lipinski definition) is 4. The molecule has 1 heterocycles. The molecular formula is C13H15F2N3S. The molecule has 0 spiro atoms. The Morgan fingerprint density at radius 1 is 1.21 bits per heavy atom. The van der Waals surface area contributed by atoms with Gasteiger partial charge in [0.05, 0.1) is 0 Å². The quantitative estimate of drug-likeness (QED) is 0.828. The minimum Gasteiger partial charge on any atom is -0.316 e. The Labute approximate surface area is 114 Å². The molecule has 0 bridgehead atoms. The van der Waals surface area contributed by atoms with E-state index in [9.17, 15) is 8.78 Å². The maximum Gasteiger partial charge on any atom is 0.150 e. The van der Waals surface area contributed by atoms with Crippen LogP contribution < -0.4 is 5.32 Å². The Kier molecular flexibility index (Phi) is 4.93. The van der Waals surface area contributed by atoms with Crippen molar-refractivity contribution < 1.29 is 8.78 Å². The standard InChI is InChI=1S/C13H15F2N3S/c1-2-6-16-7-5-12-17-18-13(19-12)10-4-3-9(14)8-11(10)15/h3-4,8,16H,2,5-7H2,1H3. The van der Waals surface area contributed by atoms with Crippen LogP contribution in [0.4, 0.5) is 8.78 Å². The molecule has 0 fully saturated rings. The zero-order chi connectivity index (χ0) is 13.7. The number of benzene rings is 1. The molecule has 6 heteroatoms. The van der Waals surface area contributed by atoms with Crippen molar-refractivity contribution >= 4 is 11.3 Å². The van der Waals surface area contributed by atoms with Crippen molar-refractivity contribution in [2.75, 3.05) is 13.1 Å². The van der Waals surface area contributed by atoms with Gasteiger partial charge in [0.25, 0.3) is 0 Å². The number of hydrogen-bond donors (Lipinski definition) is 1. The van der Waals surface area contributed by atoms with E-state index in [0.717, 1.165) is 37.0 Å². The Bertz CT molecular complexity index is 542. The second kappa shape index (κ2) is 6.68. The van der Waals surface area contributed by atoms with Crippen molar-refractivity contribution in [3.63, 3.8) is 0 Å². The highest BCUT2D eigenvalue weighted by molar-refractivity contribution is 7.14. The van der Waals surface area contributed by atoms with E-state index >= 15 is 0 Å². The molecule has 0 amide bonds. The summed E-state index contributed by atoms with van der Waals surface area (Å²) in [5.41, 5.74) is 0.298. The Morgan fingerprint density at radius 3 is 2.79 bits per heavy atom. The minimum absolute atomic E-state index is 0.298. The summed E-state index contributed by atoms with van der Waals surface area (Å²) >= 11 is 1.34. The first-order valence-electron chi connectivity index (χ1n) is 6.19. The average molecular weight is 283 g/mol. The second-order valence-electron chi connectivity index (χ2n) is 4.13. The third-order valence-corrected chi connectivity index (χ3v) is 3.59. The zero-order valence-electron chi connectivity index (χ0n) is 10.6. The average Bonchev–Trinajstić information content (AvgIpc) is 2.83. The molecular weight excluding hydrogens is 268 g/mol. The number of nitrogens with one attached hydrogen (secondary N) is 1. The van der Waals surface area contributed by atoms with E-state index in [1.54, 1.807) is 0 Å². The van der Waals surface area contributed by atoms with E-state index in [1.807, 2.05) is 0 Å². The van der Waals surface area contributed by atoms with Crippen LogP contribution in [-0.2, 0) is 6.42 Å². The molecule has 1 aromatic heterocycles. The summed E-state index contributed by atoms with van der Waals surface area (Å²) in [4.78, 5) is 0. The Morgan fingerprint density at radius 2 is 2.05 bits per heavy atom. The first kappa shape index (κ1) is 14.0. The SMILES string of the molecule is CCCNCCc1nnc(-c2ccc(F)cc2F)s1. The summed E-state index contributed by atoms with van der Waals surface area (Å²) in [5, 5.41) is 12.6. The summed E-state index contributed by atoms with van der Waals surface area (Å²) in [6.07, 6.45) is 1.85. The van der Waals surface area contributed by atoms with Crippen LogP contribution >= 0.6 is 11.3 Å². The molecule has 0 unspecified atom stereocenters. The van der Waals surface area contributed by atoms with Crippen molar-refractivity contribution in [1.82, 2.24) is 15.5 Å². The lowest BCUT2D eigenvalue weighted by molar-refractivity contribution is 0.585. The van der Waals surface area contributed by atoms with Crippen LogP contribution in [-0.4, -0.2) is 23.3 Å². The summed E-state index contributed by atoms with van der Waals surface area (Å²) in [5.74, 6) is -1.19. The lowest BCUT2D eigenvalue weighted by Gasteiger charge is -1.99. The number of nitrogens with zero attached hydrogens (tertiary/aromatic N) is 2. The Balaban J connectivity index is 2.04. The van der Waals surface area contributed by atoms with E-state index in [0.29, 0.717) is 10.6 Å². The summed E-state index contributed by atoms with van der Waals surface area (Å²) in [6.45, 7) is 3.90. The first-order valence-corrected chi connectivity index (χ1v) is 7.01. The van der Waals surface area contributed by atoms with Gasteiger partial charge in [-0.2, -0.15) is 0 Å². The number of aromatic nitrogens is 2. The van der Waals surface area contributed by atoms with Gasteiger partial charge < -0.3 is 5.32 Å². The van der Waals surface area contributed by atoms with Crippen LogP contribution in [0.5, 0.6) is 0 Å². The fourth-order valence-corrected chi connectivity index (χ4v) is 2.49. The van der Waals surface area contributed by atoms with Gasteiger partial charge in [0.15, 0.2) is 5.01 Å². The van der Waals surface area contributed by atoms with Gasteiger partial charge >= 0.3 is 0 Å². The van der Waals surface area contributed by atoms with Gasteiger partial charge in [-0.15, -0.1) is 10.2 Å². The third-order valence-electron chi connectivity index (χ3n) is 2.57. The van der Waals surface area contributed by atoms with E-state index in [1.165, 1.54) is 23.5 Å². The lowest BCUT2D eigenvalue weighted by atomic mass is 10.2. The molecule has 0 aliphatic heterocycles. The minimum atomic E-state index is -0.605. The highest BCUT2D eigenvalue weighted by atomic mass is 32.1. The van der Waals surface area contributed by atoms with Crippen molar-refractivity contribution in [2.24, 2.45) is 0 Å². The zero-order valence-corrected chi connectivity index (χ0v) is 11.4. The highest BCUT2D eigenvalue weighted by Gasteiger charge is 2.11. The monoisotopic (exact) mass is 283 g/mol. The molecule has 2 aromatic rings. The summed E-state index contributed by atoms with van der Waals surface area (Å²) in [7, 11) is 0. The second-order valence-corrected chi connectivity index (χ2v) is 5.19. The molecule has 0 aliphatic carbocycles. The van der Waals surface area contributed by atoms with Crippen molar-refractivity contribution in [3.05, 3.63) is 34.8 Å². The molecule has 0 aliphatic rings. The van der Waals surface area contributed by atoms with Crippen LogP contribution in [0.15, 0.2) is 18.2 Å². The van der Waals surface area contributed by atoms with E-state index in [2.05, 4.69) is 22.4 Å². The Hall–Kier alpha value is -1.40. The number of halogens is 2. The molecule has 3 nitrogen and oxygen atoms in total. The predicted octanol–water partition coefficient (Wildman–Crippen LogP) is 3.03. The van der Waals surface area contributed by atoms with Gasteiger partial charge in [0.2, 0.25) is 0 Å². The van der Waals surface area contributed by atoms with Crippen LogP contribution in [0.2, 0.25) is 0 Å². The molecule has 19 heavy (non-hydrogen) atoms. The molecule has 102 valence electrons. The number of rotatable bonds is 6. The first-order chi connectivity index (χ1) is 9.20. The van der Waals surface area contributed by atoms with Gasteiger partial charge in [-0.1, -0.05) is 18.3 Å². The summed E-state index contributed by atoms with van der Waals surface area (Å²) < 4.78 is 26.4. The highest BCUT2D eigenvalue weighted by Crippen LogP contribution is 2.26. The van der Waals surface area contributed by atoms with Gasteiger partial charge in [-0.3, -0.25) is 0 Å². The van der Waals surface area contributed by atoms with Crippen molar-refractivity contribution in [3.8, 4) is 10.6 Å². The van der Waals surface area contributed by atoms with Crippen LogP contribution in [0.25, 0.3) is 10.6 Å². The van der Waals surface area contributed by atoms with E-state index < -0.39 is 11.6 Å². The summed E-state index contributed by atoms with van der Waals surface area (Å²) in [6, 6.07) is 3.48. The molecule has 0 radical (unpaired) electrons. The lowest BCUT2D eigenvalue weighted by Crippen LogP contribution is -2.17. The maximum absolute atomic E-state index is 13.6. The van der Waals surface area contributed by atoms with Gasteiger partial charge in [0.1, 0.15) is 16.6 Å². The fourth-order valence-electron chi connectivity index (χ4n) is 1.62. The smallest absolute Gasteiger partial charge is 0.150 e.